The Morgan fingerprint density at radius 3 is 2.43 bits per heavy atom. The summed E-state index contributed by atoms with van der Waals surface area (Å²) in [6.45, 7) is 3.09. The lowest BCUT2D eigenvalue weighted by atomic mass is 10.2. The first-order chi connectivity index (χ1) is 6.79. The van der Waals surface area contributed by atoms with Crippen LogP contribution in [0.3, 0.4) is 0 Å². The molecule has 4 atom stereocenters. The molecule has 0 radical (unpaired) electrons. The van der Waals surface area contributed by atoms with E-state index in [9.17, 15) is 0 Å². The highest BCUT2D eigenvalue weighted by Gasteiger charge is 2.41. The fraction of sp³-hybridized carbons (Fsp3) is 0.667. The van der Waals surface area contributed by atoms with Crippen LogP contribution in [0.2, 0.25) is 0 Å². The Kier molecular flexibility index (Phi) is 1.75. The van der Waals surface area contributed by atoms with Gasteiger partial charge >= 0.3 is 0 Å². The minimum Gasteiger partial charge on any atom is -0.465 e. The number of furan rings is 1. The Hall–Kier alpha value is -0.760. The molecule has 0 aliphatic heterocycles. The summed E-state index contributed by atoms with van der Waals surface area (Å²) in [6, 6.07) is 4.32. The zero-order valence-corrected chi connectivity index (χ0v) is 8.57. The van der Waals surface area contributed by atoms with Crippen LogP contribution >= 0.6 is 0 Å². The van der Waals surface area contributed by atoms with E-state index < -0.39 is 0 Å². The van der Waals surface area contributed by atoms with Crippen LogP contribution in [-0.4, -0.2) is 6.54 Å². The number of rotatable bonds is 3. The van der Waals surface area contributed by atoms with Crippen LogP contribution in [0, 0.1) is 11.8 Å². The predicted molar refractivity (Wildman–Crippen MR) is 55.1 cm³/mol. The highest BCUT2D eigenvalue weighted by atomic mass is 16.3. The van der Waals surface area contributed by atoms with Crippen LogP contribution in [-0.2, 0) is 0 Å². The fourth-order valence-electron chi connectivity index (χ4n) is 2.34. The Balaban J connectivity index is 1.72. The topological polar surface area (TPSA) is 39.2 Å². The molecule has 14 heavy (non-hydrogen) atoms. The quantitative estimate of drug-likeness (QED) is 0.797. The molecular formula is C12H17NO. The van der Waals surface area contributed by atoms with Crippen molar-refractivity contribution in [2.45, 2.75) is 31.6 Å². The standard InChI is InChI=1S/C12H17NO/c1-7-4-9(7)11-2-3-12(14-11)10-5-8(10)6-13/h2-3,7-10H,4-6,13H2,1H3. The minimum absolute atomic E-state index is 0.628. The molecule has 2 heteroatoms. The lowest BCUT2D eigenvalue weighted by Gasteiger charge is -1.94. The van der Waals surface area contributed by atoms with Crippen molar-refractivity contribution in [3.8, 4) is 0 Å². The van der Waals surface area contributed by atoms with Gasteiger partial charge in [0.15, 0.2) is 0 Å². The van der Waals surface area contributed by atoms with Gasteiger partial charge < -0.3 is 10.2 Å². The molecule has 0 spiro atoms. The summed E-state index contributed by atoms with van der Waals surface area (Å²) in [5.74, 6) is 5.23. The zero-order valence-electron chi connectivity index (χ0n) is 8.57. The first-order valence-electron chi connectivity index (χ1n) is 5.59. The van der Waals surface area contributed by atoms with Gasteiger partial charge in [-0.15, -0.1) is 0 Å². The molecule has 0 aromatic carbocycles. The van der Waals surface area contributed by atoms with E-state index in [1.165, 1.54) is 24.4 Å². The van der Waals surface area contributed by atoms with E-state index in [4.69, 9.17) is 10.2 Å². The second-order valence-electron chi connectivity index (χ2n) is 4.90. The number of hydrogen-bond acceptors (Lipinski definition) is 2. The Morgan fingerprint density at radius 2 is 1.93 bits per heavy atom. The Bertz CT molecular complexity index is 344. The lowest BCUT2D eigenvalue weighted by Crippen LogP contribution is -2.01. The van der Waals surface area contributed by atoms with Crippen molar-refractivity contribution in [2.75, 3.05) is 6.54 Å². The molecule has 2 fully saturated rings. The van der Waals surface area contributed by atoms with Gasteiger partial charge in [0.1, 0.15) is 11.5 Å². The second-order valence-corrected chi connectivity index (χ2v) is 4.90. The monoisotopic (exact) mass is 191 g/mol. The largest absolute Gasteiger partial charge is 0.465 e. The summed E-state index contributed by atoms with van der Waals surface area (Å²) in [7, 11) is 0. The summed E-state index contributed by atoms with van der Waals surface area (Å²) < 4.78 is 5.88. The molecule has 0 bridgehead atoms. The third-order valence-corrected chi connectivity index (χ3v) is 3.71. The summed E-state index contributed by atoms with van der Waals surface area (Å²) in [5, 5.41) is 0. The van der Waals surface area contributed by atoms with Crippen molar-refractivity contribution in [1.82, 2.24) is 0 Å². The van der Waals surface area contributed by atoms with E-state index in [-0.39, 0.29) is 0 Å². The van der Waals surface area contributed by atoms with Crippen LogP contribution in [0.15, 0.2) is 16.5 Å². The lowest BCUT2D eigenvalue weighted by molar-refractivity contribution is 0.457. The van der Waals surface area contributed by atoms with Gasteiger partial charge in [-0.1, -0.05) is 6.92 Å². The van der Waals surface area contributed by atoms with Crippen LogP contribution in [0.1, 0.15) is 43.1 Å². The SMILES string of the molecule is CC1CC1c1ccc(C2CC2CN)o1. The maximum Gasteiger partial charge on any atom is 0.107 e. The molecule has 1 heterocycles. The second kappa shape index (κ2) is 2.86. The Morgan fingerprint density at radius 1 is 1.29 bits per heavy atom. The predicted octanol–water partition coefficient (Wildman–Crippen LogP) is 2.47. The van der Waals surface area contributed by atoms with Crippen LogP contribution in [0.5, 0.6) is 0 Å². The molecule has 1 aromatic rings. The van der Waals surface area contributed by atoms with Crippen LogP contribution in [0.25, 0.3) is 0 Å². The van der Waals surface area contributed by atoms with E-state index >= 15 is 0 Å². The molecule has 4 unspecified atom stereocenters. The average molecular weight is 191 g/mol. The fourth-order valence-corrected chi connectivity index (χ4v) is 2.34. The van der Waals surface area contributed by atoms with Gasteiger partial charge in [-0.2, -0.15) is 0 Å². The van der Waals surface area contributed by atoms with Crippen molar-refractivity contribution in [2.24, 2.45) is 17.6 Å². The van der Waals surface area contributed by atoms with E-state index in [0.29, 0.717) is 17.8 Å². The summed E-state index contributed by atoms with van der Waals surface area (Å²) in [6.07, 6.45) is 2.53. The van der Waals surface area contributed by atoms with Gasteiger partial charge in [0.25, 0.3) is 0 Å². The van der Waals surface area contributed by atoms with Crippen molar-refractivity contribution < 1.29 is 4.42 Å². The van der Waals surface area contributed by atoms with Gasteiger partial charge in [-0.25, -0.2) is 0 Å². The molecule has 0 saturated heterocycles. The molecule has 0 amide bonds. The maximum atomic E-state index is 5.88. The normalized spacial score (nSPS) is 39.9. The highest BCUT2D eigenvalue weighted by Crippen LogP contribution is 2.51. The molecule has 2 aliphatic rings. The average Bonchev–Trinajstić information content (AvgIpc) is 3.07. The molecule has 76 valence electrons. The minimum atomic E-state index is 0.628. The molecule has 1 aromatic heterocycles. The van der Waals surface area contributed by atoms with E-state index in [2.05, 4.69) is 19.1 Å². The van der Waals surface area contributed by atoms with Gasteiger partial charge in [-0.05, 0) is 43.4 Å². The maximum absolute atomic E-state index is 5.88. The van der Waals surface area contributed by atoms with Crippen LogP contribution < -0.4 is 5.73 Å². The van der Waals surface area contributed by atoms with Crippen molar-refractivity contribution in [1.29, 1.82) is 0 Å². The van der Waals surface area contributed by atoms with Crippen molar-refractivity contribution >= 4 is 0 Å². The molecule has 2 aliphatic carbocycles. The van der Waals surface area contributed by atoms with Gasteiger partial charge in [0, 0.05) is 11.8 Å². The van der Waals surface area contributed by atoms with E-state index in [1.807, 2.05) is 0 Å². The summed E-state index contributed by atoms with van der Waals surface area (Å²) in [5.41, 5.74) is 5.62. The number of hydrogen-bond donors (Lipinski definition) is 1. The molecule has 2 N–H and O–H groups in total. The first kappa shape index (κ1) is 8.54. The molecule has 2 nitrogen and oxygen atoms in total. The Labute approximate surface area is 84.5 Å². The zero-order chi connectivity index (χ0) is 9.71. The van der Waals surface area contributed by atoms with Gasteiger partial charge in [-0.3, -0.25) is 0 Å². The summed E-state index contributed by atoms with van der Waals surface area (Å²) in [4.78, 5) is 0. The van der Waals surface area contributed by atoms with Crippen molar-refractivity contribution in [3.63, 3.8) is 0 Å². The first-order valence-corrected chi connectivity index (χ1v) is 5.59. The third-order valence-electron chi connectivity index (χ3n) is 3.71. The van der Waals surface area contributed by atoms with Crippen LogP contribution in [0.4, 0.5) is 0 Å². The molecule has 3 rings (SSSR count). The van der Waals surface area contributed by atoms with E-state index in [0.717, 1.165) is 12.5 Å². The van der Waals surface area contributed by atoms with Gasteiger partial charge in [0.05, 0.1) is 0 Å². The van der Waals surface area contributed by atoms with Crippen molar-refractivity contribution in [3.05, 3.63) is 23.7 Å². The highest BCUT2D eigenvalue weighted by molar-refractivity contribution is 5.23. The molecular weight excluding hydrogens is 174 g/mol. The van der Waals surface area contributed by atoms with E-state index in [1.54, 1.807) is 0 Å². The smallest absolute Gasteiger partial charge is 0.107 e. The summed E-state index contributed by atoms with van der Waals surface area (Å²) >= 11 is 0. The number of nitrogens with two attached hydrogens (primary N) is 1. The third kappa shape index (κ3) is 1.29. The van der Waals surface area contributed by atoms with Gasteiger partial charge in [0.2, 0.25) is 0 Å². The molecule has 2 saturated carbocycles.